The van der Waals surface area contributed by atoms with Crippen molar-refractivity contribution in [1.82, 2.24) is 0 Å². The van der Waals surface area contributed by atoms with Gasteiger partial charge in [-0.15, -0.1) is 0 Å². The van der Waals surface area contributed by atoms with Crippen molar-refractivity contribution in [1.29, 1.82) is 0 Å². The van der Waals surface area contributed by atoms with Crippen molar-refractivity contribution in [2.45, 2.75) is 315 Å². The summed E-state index contributed by atoms with van der Waals surface area (Å²) >= 11 is 0. The van der Waals surface area contributed by atoms with Crippen LogP contribution in [0, 0.1) is 0 Å². The quantitative estimate of drug-likeness (QED) is 0.0264. The first-order valence-corrected chi connectivity index (χ1v) is 37.8. The molecule has 2 atom stereocenters. The minimum atomic E-state index is -4.41. The maximum atomic E-state index is 12.8. The van der Waals surface area contributed by atoms with Crippen LogP contribution in [0.3, 0.4) is 0 Å². The average molecular weight is 1260 g/mol. The van der Waals surface area contributed by atoms with E-state index >= 15 is 0 Å². The molecule has 0 aliphatic carbocycles. The predicted octanol–water partition coefficient (Wildman–Crippen LogP) is 24.2. The van der Waals surface area contributed by atoms with Gasteiger partial charge in [0.1, 0.15) is 6.61 Å². The van der Waals surface area contributed by atoms with Crippen molar-refractivity contribution in [3.63, 3.8) is 0 Å². The van der Waals surface area contributed by atoms with Crippen LogP contribution >= 0.6 is 7.82 Å². The maximum Gasteiger partial charge on any atom is 0.472 e. The second-order valence-corrected chi connectivity index (χ2v) is 25.2. The van der Waals surface area contributed by atoms with Gasteiger partial charge < -0.3 is 20.1 Å². The number of carbonyl (C=O) groups excluding carboxylic acids is 2. The largest absolute Gasteiger partial charge is 0.472 e. The Morgan fingerprint density at radius 3 is 0.921 bits per heavy atom. The lowest BCUT2D eigenvalue weighted by Gasteiger charge is -2.19. The third-order valence-corrected chi connectivity index (χ3v) is 16.2. The van der Waals surface area contributed by atoms with E-state index in [2.05, 4.69) is 160 Å². The molecule has 89 heavy (non-hydrogen) atoms. The molecule has 508 valence electrons. The van der Waals surface area contributed by atoms with Gasteiger partial charge in [0.25, 0.3) is 0 Å². The van der Waals surface area contributed by atoms with Gasteiger partial charge in [0, 0.05) is 19.4 Å². The topological polar surface area (TPSA) is 134 Å². The Labute approximate surface area is 547 Å². The van der Waals surface area contributed by atoms with Gasteiger partial charge in [-0.2, -0.15) is 0 Å². The lowest BCUT2D eigenvalue weighted by molar-refractivity contribution is -0.161. The van der Waals surface area contributed by atoms with E-state index in [9.17, 15) is 19.0 Å². The summed E-state index contributed by atoms with van der Waals surface area (Å²) in [5.41, 5.74) is 5.40. The smallest absolute Gasteiger partial charge is 0.462 e. The molecular weight excluding hydrogens is 1120 g/mol. The summed E-state index contributed by atoms with van der Waals surface area (Å²) in [6, 6.07) is 0. The number of phosphoric acid groups is 1. The van der Waals surface area contributed by atoms with Gasteiger partial charge in [0.15, 0.2) is 6.10 Å². The summed E-state index contributed by atoms with van der Waals surface area (Å²) in [5.74, 6) is -0.855. The first-order chi connectivity index (χ1) is 43.8. The SMILES string of the molecule is CC/C=C\C/C=C\C/C=C\C/C=C\C/C=C\C/C=C\C/C=C\C/C=C\C/C=C\C/C=C\C/C=C\C/C=C\CCCCCCC(=O)OC(COC(=O)CCCCCCCCCCCCCCCCCCCCCCCCCCCCC)COP(=O)(O)OCCN. The number of carbonyl (C=O) groups is 2. The minimum absolute atomic E-state index is 0.0433. The molecule has 0 aliphatic rings. The van der Waals surface area contributed by atoms with Crippen LogP contribution in [0.5, 0.6) is 0 Å². The Kier molecular flexibility index (Phi) is 69.6. The lowest BCUT2D eigenvalue weighted by atomic mass is 10.0. The van der Waals surface area contributed by atoms with Crippen molar-refractivity contribution in [3.8, 4) is 0 Å². The van der Waals surface area contributed by atoms with Crippen molar-refractivity contribution in [3.05, 3.63) is 146 Å². The Morgan fingerprint density at radius 2 is 0.618 bits per heavy atom. The first kappa shape index (κ1) is 84.9. The summed E-state index contributed by atoms with van der Waals surface area (Å²) < 4.78 is 33.2. The third kappa shape index (κ3) is 72.8. The zero-order valence-electron chi connectivity index (χ0n) is 57.1. The number of unbranched alkanes of at least 4 members (excludes halogenated alkanes) is 30. The molecule has 3 N–H and O–H groups in total. The zero-order valence-corrected chi connectivity index (χ0v) is 58.0. The molecule has 0 aliphatic heterocycles. The monoisotopic (exact) mass is 1260 g/mol. The van der Waals surface area contributed by atoms with E-state index in [1.54, 1.807) is 0 Å². The molecule has 9 nitrogen and oxygen atoms in total. The highest BCUT2D eigenvalue weighted by atomic mass is 31.2. The van der Waals surface area contributed by atoms with Crippen molar-refractivity contribution in [2.24, 2.45) is 5.73 Å². The van der Waals surface area contributed by atoms with E-state index in [1.807, 2.05) is 0 Å². The van der Waals surface area contributed by atoms with Crippen LogP contribution in [-0.4, -0.2) is 49.3 Å². The van der Waals surface area contributed by atoms with E-state index < -0.39 is 26.5 Å². The van der Waals surface area contributed by atoms with E-state index in [-0.39, 0.29) is 38.6 Å². The van der Waals surface area contributed by atoms with Gasteiger partial charge in [-0.05, 0) is 103 Å². The molecule has 0 spiro atoms. The second kappa shape index (κ2) is 72.9. The molecule has 0 rings (SSSR count). The highest BCUT2D eigenvalue weighted by molar-refractivity contribution is 7.47. The summed E-state index contributed by atoms with van der Waals surface area (Å²) in [7, 11) is -4.41. The van der Waals surface area contributed by atoms with Crippen LogP contribution in [0.25, 0.3) is 0 Å². The number of rotatable bonds is 67. The van der Waals surface area contributed by atoms with E-state index in [4.69, 9.17) is 24.3 Å². The normalized spacial score (nSPS) is 13.8. The molecule has 0 aromatic heterocycles. The van der Waals surface area contributed by atoms with Crippen molar-refractivity contribution >= 4 is 19.8 Å². The fourth-order valence-electron chi connectivity index (χ4n) is 9.91. The van der Waals surface area contributed by atoms with Crippen LogP contribution in [0.15, 0.2) is 146 Å². The highest BCUT2D eigenvalue weighted by Crippen LogP contribution is 2.43. The fraction of sp³-hybridized carbons (Fsp3) is 0.671. The van der Waals surface area contributed by atoms with E-state index in [0.29, 0.717) is 6.42 Å². The van der Waals surface area contributed by atoms with Gasteiger partial charge in [0.2, 0.25) is 0 Å². The van der Waals surface area contributed by atoms with Crippen LogP contribution < -0.4 is 5.73 Å². The molecule has 0 saturated carbocycles. The van der Waals surface area contributed by atoms with E-state index in [0.717, 1.165) is 122 Å². The Morgan fingerprint density at radius 1 is 0.348 bits per heavy atom. The minimum Gasteiger partial charge on any atom is -0.462 e. The molecule has 0 radical (unpaired) electrons. The molecule has 0 aromatic carbocycles. The van der Waals surface area contributed by atoms with Gasteiger partial charge >= 0.3 is 19.8 Å². The number of phosphoric ester groups is 1. The van der Waals surface area contributed by atoms with Gasteiger partial charge in [-0.3, -0.25) is 18.6 Å². The molecule has 0 aromatic rings. The molecule has 0 amide bonds. The standard InChI is InChI=1S/C79H134NO8P/c1-3-5-7-9-11-13-15-17-19-21-23-25-27-29-31-32-33-34-35-36-37-38-39-40-41-42-43-44-46-48-50-52-54-56-58-60-62-64-66-68-70-72-79(82)88-77(76-87-89(83,84)86-74-73-80)75-85-78(81)71-69-67-65-63-61-59-57-55-53-51-49-47-45-30-28-26-24-22-20-18-16-14-12-10-8-6-4-2/h5,7,11,13,17,19,23,25,29,31,33-34,36-37,39-40,42-43,46,48,52,54,58,60,77H,3-4,6,8-10,12,14-16,18,20-22,24,26-28,30,32,35,38,41,44-45,47,49-51,53,55-57,59,61-76,80H2,1-2H3,(H,83,84)/b7-5-,13-11-,19-17-,25-23-,31-29-,34-33-,37-36-,40-39-,43-42-,48-46-,54-52-,60-58-. The average Bonchev–Trinajstić information content (AvgIpc) is 3.58. The molecular formula is C79H134NO8P. The molecule has 10 heteroatoms. The molecule has 0 bridgehead atoms. The fourth-order valence-corrected chi connectivity index (χ4v) is 10.7. The number of nitrogens with two attached hydrogens (primary N) is 1. The Hall–Kier alpha value is -4.11. The van der Waals surface area contributed by atoms with Crippen molar-refractivity contribution < 1.29 is 37.6 Å². The van der Waals surface area contributed by atoms with Gasteiger partial charge in [-0.1, -0.05) is 339 Å². The molecule has 2 unspecified atom stereocenters. The summed E-state index contributed by atoms with van der Waals surface area (Å²) in [6.45, 7) is 3.63. The number of allylic oxidation sites excluding steroid dienone is 24. The van der Waals surface area contributed by atoms with Crippen LogP contribution in [-0.2, 0) is 32.7 Å². The molecule has 0 heterocycles. The molecule has 0 fully saturated rings. The highest BCUT2D eigenvalue weighted by Gasteiger charge is 2.26. The number of hydrogen-bond donors (Lipinski definition) is 2. The number of hydrogen-bond acceptors (Lipinski definition) is 8. The lowest BCUT2D eigenvalue weighted by Crippen LogP contribution is -2.29. The zero-order chi connectivity index (χ0) is 64.4. The third-order valence-electron chi connectivity index (χ3n) is 15.2. The Balaban J connectivity index is 3.99. The van der Waals surface area contributed by atoms with Crippen LogP contribution in [0.1, 0.15) is 309 Å². The summed E-state index contributed by atoms with van der Waals surface area (Å²) in [4.78, 5) is 35.4. The first-order valence-electron chi connectivity index (χ1n) is 36.3. The Bertz CT molecular complexity index is 1970. The number of ether oxygens (including phenoxy) is 2. The van der Waals surface area contributed by atoms with Crippen LogP contribution in [0.4, 0.5) is 0 Å². The predicted molar refractivity (Wildman–Crippen MR) is 385 cm³/mol. The summed E-state index contributed by atoms with van der Waals surface area (Å²) in [6.07, 6.45) is 105. The van der Waals surface area contributed by atoms with Crippen molar-refractivity contribution in [2.75, 3.05) is 26.4 Å². The van der Waals surface area contributed by atoms with E-state index in [1.165, 1.54) is 154 Å². The van der Waals surface area contributed by atoms with Gasteiger partial charge in [0.05, 0.1) is 13.2 Å². The maximum absolute atomic E-state index is 12.8. The van der Waals surface area contributed by atoms with Crippen LogP contribution in [0.2, 0.25) is 0 Å². The summed E-state index contributed by atoms with van der Waals surface area (Å²) in [5, 5.41) is 0. The van der Waals surface area contributed by atoms with Gasteiger partial charge in [-0.25, -0.2) is 4.57 Å². The second-order valence-electron chi connectivity index (χ2n) is 23.7. The molecule has 0 saturated heterocycles. The number of esters is 2.